The fraction of sp³-hybridized carbons (Fsp3) is 0.125. The zero-order valence-electron chi connectivity index (χ0n) is 5.64. The molecule has 0 bridgehead atoms. The molecule has 3 heteroatoms. The summed E-state index contributed by atoms with van der Waals surface area (Å²) in [5, 5.41) is 0. The molecule has 0 saturated carbocycles. The van der Waals surface area contributed by atoms with Crippen molar-refractivity contribution in [3.8, 4) is 0 Å². The highest BCUT2D eigenvalue weighted by molar-refractivity contribution is 14.1. The first kappa shape index (κ1) is 7.73. The fourth-order valence-corrected chi connectivity index (χ4v) is 2.31. The van der Waals surface area contributed by atoms with Gasteiger partial charge in [-0.3, -0.25) is 4.99 Å². The third-order valence-corrected chi connectivity index (χ3v) is 3.38. The van der Waals surface area contributed by atoms with Crippen LogP contribution in [0.15, 0.2) is 27.7 Å². The van der Waals surface area contributed by atoms with E-state index in [2.05, 4.69) is 55.6 Å². The zero-order chi connectivity index (χ0) is 7.84. The quantitative estimate of drug-likeness (QED) is 0.651. The van der Waals surface area contributed by atoms with Crippen LogP contribution < -0.4 is 0 Å². The number of hydrogen-bond donors (Lipinski definition) is 0. The van der Waals surface area contributed by atoms with E-state index in [0.29, 0.717) is 0 Å². The van der Waals surface area contributed by atoms with Crippen LogP contribution in [-0.4, -0.2) is 3.72 Å². The van der Waals surface area contributed by atoms with Crippen LogP contribution in [0.5, 0.6) is 0 Å². The van der Waals surface area contributed by atoms with Crippen LogP contribution in [0.3, 0.4) is 0 Å². The lowest BCUT2D eigenvalue weighted by molar-refractivity contribution is 1.10. The normalized spacial score (nSPS) is 14.5. The van der Waals surface area contributed by atoms with Gasteiger partial charge >= 0.3 is 0 Å². The summed E-state index contributed by atoms with van der Waals surface area (Å²) in [6, 6.07) is 6.21. The molecule has 1 aromatic rings. The van der Waals surface area contributed by atoms with Gasteiger partial charge in [0.25, 0.3) is 0 Å². The van der Waals surface area contributed by atoms with E-state index in [1.807, 2.05) is 6.07 Å². The molecule has 1 heterocycles. The highest BCUT2D eigenvalue weighted by atomic mass is 127. The van der Waals surface area contributed by atoms with Gasteiger partial charge in [-0.2, -0.15) is 0 Å². The molecule has 0 saturated heterocycles. The number of rotatable bonds is 0. The molecule has 0 aliphatic carbocycles. The van der Waals surface area contributed by atoms with Gasteiger partial charge in [0.05, 0.1) is 6.54 Å². The first-order chi connectivity index (χ1) is 5.29. The van der Waals surface area contributed by atoms with Crippen molar-refractivity contribution in [2.75, 3.05) is 0 Å². The van der Waals surface area contributed by atoms with E-state index < -0.39 is 0 Å². The second-order valence-electron chi connectivity index (χ2n) is 2.37. The number of aliphatic imine (C=N–C) groups is 1. The van der Waals surface area contributed by atoms with Gasteiger partial charge < -0.3 is 0 Å². The third-order valence-electron chi connectivity index (χ3n) is 1.72. The number of hydrogen-bond acceptors (Lipinski definition) is 1. The van der Waals surface area contributed by atoms with E-state index in [-0.39, 0.29) is 0 Å². The summed E-state index contributed by atoms with van der Waals surface area (Å²) in [7, 11) is 0. The molecule has 56 valence electrons. The lowest BCUT2D eigenvalue weighted by atomic mass is 10.1. The van der Waals surface area contributed by atoms with Crippen molar-refractivity contribution in [3.63, 3.8) is 0 Å². The Labute approximate surface area is 87.2 Å². The van der Waals surface area contributed by atoms with Crippen LogP contribution in [-0.2, 0) is 6.54 Å². The first-order valence-electron chi connectivity index (χ1n) is 3.27. The van der Waals surface area contributed by atoms with Gasteiger partial charge in [0.1, 0.15) is 3.72 Å². The molecule has 1 nitrogen and oxygen atoms in total. The Morgan fingerprint density at radius 3 is 3.00 bits per heavy atom. The molecular formula is C8H5BrIN. The molecule has 0 unspecified atom stereocenters. The Morgan fingerprint density at radius 1 is 1.45 bits per heavy atom. The van der Waals surface area contributed by atoms with Gasteiger partial charge in [0.2, 0.25) is 0 Å². The Kier molecular flexibility index (Phi) is 2.01. The molecule has 0 spiro atoms. The molecule has 0 atom stereocenters. The monoisotopic (exact) mass is 321 g/mol. The molecule has 11 heavy (non-hydrogen) atoms. The van der Waals surface area contributed by atoms with Gasteiger partial charge in [-0.25, -0.2) is 0 Å². The molecule has 0 amide bonds. The third kappa shape index (κ3) is 1.24. The lowest BCUT2D eigenvalue weighted by Gasteiger charge is -1.99. The first-order valence-corrected chi connectivity index (χ1v) is 5.14. The maximum atomic E-state index is 4.34. The fourth-order valence-electron chi connectivity index (χ4n) is 1.15. The van der Waals surface area contributed by atoms with E-state index in [1.54, 1.807) is 0 Å². The van der Waals surface area contributed by atoms with Crippen LogP contribution >= 0.6 is 38.5 Å². The van der Waals surface area contributed by atoms with Gasteiger partial charge in [-0.15, -0.1) is 0 Å². The van der Waals surface area contributed by atoms with E-state index in [1.165, 1.54) is 15.6 Å². The summed E-state index contributed by atoms with van der Waals surface area (Å²) in [4.78, 5) is 4.34. The number of nitrogens with zero attached hydrogens (tertiary/aromatic N) is 1. The Balaban J connectivity index is 2.64. The standard InChI is InChI=1S/C8H5BrIN/c9-7-3-1-2-5-6(7)4-11-8(5)10/h1-3H,4H2. The SMILES string of the molecule is Brc1cccc2c1CN=C2I. The van der Waals surface area contributed by atoms with Crippen LogP contribution in [0.4, 0.5) is 0 Å². The predicted octanol–water partition coefficient (Wildman–Crippen LogP) is 3.14. The van der Waals surface area contributed by atoms with Gasteiger partial charge in [0.15, 0.2) is 0 Å². The molecule has 0 fully saturated rings. The number of fused-ring (bicyclic) bond motifs is 1. The van der Waals surface area contributed by atoms with Crippen molar-refractivity contribution in [2.45, 2.75) is 6.54 Å². The van der Waals surface area contributed by atoms with Crippen LogP contribution in [0.2, 0.25) is 0 Å². The topological polar surface area (TPSA) is 12.4 Å². The van der Waals surface area contributed by atoms with Gasteiger partial charge in [-0.1, -0.05) is 28.1 Å². The molecule has 1 aliphatic heterocycles. The van der Waals surface area contributed by atoms with Crippen LogP contribution in [0.25, 0.3) is 0 Å². The van der Waals surface area contributed by atoms with Crippen LogP contribution in [0.1, 0.15) is 11.1 Å². The molecule has 0 aromatic heterocycles. The smallest absolute Gasteiger partial charge is 0.103 e. The number of halogens is 2. The van der Waals surface area contributed by atoms with Crippen LogP contribution in [0, 0.1) is 0 Å². The van der Waals surface area contributed by atoms with Gasteiger partial charge in [0, 0.05) is 10.0 Å². The Morgan fingerprint density at radius 2 is 2.27 bits per heavy atom. The van der Waals surface area contributed by atoms with E-state index >= 15 is 0 Å². The molecule has 0 radical (unpaired) electrons. The minimum Gasteiger partial charge on any atom is -0.273 e. The van der Waals surface area contributed by atoms with E-state index in [9.17, 15) is 0 Å². The minimum atomic E-state index is 0.828. The van der Waals surface area contributed by atoms with Crippen molar-refractivity contribution in [2.24, 2.45) is 4.99 Å². The molecule has 1 aromatic carbocycles. The maximum Gasteiger partial charge on any atom is 0.103 e. The van der Waals surface area contributed by atoms with Crippen molar-refractivity contribution in [1.82, 2.24) is 0 Å². The highest BCUT2D eigenvalue weighted by Crippen LogP contribution is 2.28. The number of benzene rings is 1. The summed E-state index contributed by atoms with van der Waals surface area (Å²) in [6.07, 6.45) is 0. The zero-order valence-corrected chi connectivity index (χ0v) is 9.39. The molecule has 2 rings (SSSR count). The van der Waals surface area contributed by atoms with Crippen molar-refractivity contribution < 1.29 is 0 Å². The van der Waals surface area contributed by atoms with Crippen molar-refractivity contribution >= 4 is 42.2 Å². The largest absolute Gasteiger partial charge is 0.273 e. The summed E-state index contributed by atoms with van der Waals surface area (Å²) in [6.45, 7) is 0.828. The van der Waals surface area contributed by atoms with E-state index in [4.69, 9.17) is 0 Å². The molecule has 0 N–H and O–H groups in total. The lowest BCUT2D eigenvalue weighted by Crippen LogP contribution is -1.88. The average molecular weight is 322 g/mol. The van der Waals surface area contributed by atoms with Gasteiger partial charge in [-0.05, 0) is 34.2 Å². The summed E-state index contributed by atoms with van der Waals surface area (Å²) in [5.74, 6) is 0. The summed E-state index contributed by atoms with van der Waals surface area (Å²) < 4.78 is 2.30. The molecular weight excluding hydrogens is 317 g/mol. The van der Waals surface area contributed by atoms with E-state index in [0.717, 1.165) is 10.3 Å². The second kappa shape index (κ2) is 2.86. The Hall–Kier alpha value is 0.100. The maximum absolute atomic E-state index is 4.34. The summed E-state index contributed by atoms with van der Waals surface area (Å²) in [5.41, 5.74) is 2.59. The van der Waals surface area contributed by atoms with Crippen molar-refractivity contribution in [3.05, 3.63) is 33.8 Å². The highest BCUT2D eigenvalue weighted by Gasteiger charge is 2.14. The average Bonchev–Trinajstić information content (AvgIpc) is 2.35. The van der Waals surface area contributed by atoms with Crippen molar-refractivity contribution in [1.29, 1.82) is 0 Å². The molecule has 1 aliphatic rings. The second-order valence-corrected chi connectivity index (χ2v) is 4.25. The Bertz CT molecular complexity index is 333. The predicted molar refractivity (Wildman–Crippen MR) is 58.4 cm³/mol. The minimum absolute atomic E-state index is 0.828. The summed E-state index contributed by atoms with van der Waals surface area (Å²) >= 11 is 5.77.